The smallest absolute Gasteiger partial charge is 0.138 e. The van der Waals surface area contributed by atoms with Crippen LogP contribution in [-0.2, 0) is 0 Å². The minimum absolute atomic E-state index is 0.544. The van der Waals surface area contributed by atoms with E-state index in [4.69, 9.17) is 23.2 Å². The number of benzene rings is 1. The highest BCUT2D eigenvalue weighted by atomic mass is 35.5. The Morgan fingerprint density at radius 3 is 2.55 bits per heavy atom. The number of imidazole rings is 1. The van der Waals surface area contributed by atoms with E-state index < -0.39 is 0 Å². The molecule has 0 fully saturated rings. The lowest BCUT2D eigenvalue weighted by atomic mass is 10.1. The Hall–Kier alpha value is -1.84. The zero-order chi connectivity index (χ0) is 14.1. The second-order valence-electron chi connectivity index (χ2n) is 4.45. The molecule has 3 nitrogen and oxygen atoms in total. The molecule has 1 aromatic carbocycles. The van der Waals surface area contributed by atoms with Crippen LogP contribution in [0.5, 0.6) is 0 Å². The molecule has 0 saturated heterocycles. The largest absolute Gasteiger partial charge is 0.291 e. The molecule has 0 radical (unpaired) electrons. The van der Waals surface area contributed by atoms with E-state index in [1.165, 1.54) is 0 Å². The Labute approximate surface area is 126 Å². The van der Waals surface area contributed by atoms with Crippen LogP contribution in [0, 0.1) is 6.92 Å². The summed E-state index contributed by atoms with van der Waals surface area (Å²) in [6.45, 7) is 1.96. The predicted octanol–water partition coefficient (Wildman–Crippen LogP) is 4.55. The first-order valence-electron chi connectivity index (χ1n) is 6.06. The summed E-state index contributed by atoms with van der Waals surface area (Å²) >= 11 is 12.0. The molecule has 2 aromatic heterocycles. The highest BCUT2D eigenvalue weighted by molar-refractivity contribution is 6.42. The van der Waals surface area contributed by atoms with Gasteiger partial charge in [-0.3, -0.25) is 4.57 Å². The number of aromatic nitrogens is 3. The summed E-state index contributed by atoms with van der Waals surface area (Å²) < 4.78 is 1.87. The van der Waals surface area contributed by atoms with Gasteiger partial charge in [0.15, 0.2) is 0 Å². The summed E-state index contributed by atoms with van der Waals surface area (Å²) in [5, 5.41) is 1.10. The second kappa shape index (κ2) is 5.27. The summed E-state index contributed by atoms with van der Waals surface area (Å²) in [6.07, 6.45) is 5.31. The average molecular weight is 304 g/mol. The molecule has 0 spiro atoms. The van der Waals surface area contributed by atoms with E-state index in [0.717, 1.165) is 22.6 Å². The Morgan fingerprint density at radius 1 is 1.00 bits per heavy atom. The summed E-state index contributed by atoms with van der Waals surface area (Å²) in [7, 11) is 0. The fraction of sp³-hybridized carbons (Fsp3) is 0.0667. The number of hydrogen-bond acceptors (Lipinski definition) is 2. The third-order valence-electron chi connectivity index (χ3n) is 2.96. The topological polar surface area (TPSA) is 30.7 Å². The second-order valence-corrected chi connectivity index (χ2v) is 5.27. The number of rotatable bonds is 2. The maximum atomic E-state index is 6.08. The van der Waals surface area contributed by atoms with E-state index in [9.17, 15) is 0 Å². The summed E-state index contributed by atoms with van der Waals surface area (Å²) in [5.74, 6) is 0.823. The average Bonchev–Trinajstić information content (AvgIpc) is 2.95. The molecule has 0 unspecified atom stereocenters. The van der Waals surface area contributed by atoms with Crippen LogP contribution in [0.4, 0.5) is 0 Å². The lowest BCUT2D eigenvalue weighted by Gasteiger charge is -2.08. The van der Waals surface area contributed by atoms with E-state index >= 15 is 0 Å². The van der Waals surface area contributed by atoms with Gasteiger partial charge in [-0.1, -0.05) is 29.3 Å². The first-order chi connectivity index (χ1) is 9.63. The molecule has 3 aromatic rings. The molecule has 3 rings (SSSR count). The Bertz CT molecular complexity index is 752. The normalized spacial score (nSPS) is 10.8. The fourth-order valence-electron chi connectivity index (χ4n) is 2.02. The van der Waals surface area contributed by atoms with E-state index in [1.807, 2.05) is 42.0 Å². The van der Waals surface area contributed by atoms with Crippen molar-refractivity contribution in [2.45, 2.75) is 6.92 Å². The number of halogens is 2. The molecule has 0 aliphatic carbocycles. The van der Waals surface area contributed by atoms with Gasteiger partial charge in [0.25, 0.3) is 0 Å². The maximum absolute atomic E-state index is 6.08. The van der Waals surface area contributed by atoms with Crippen molar-refractivity contribution in [1.82, 2.24) is 14.5 Å². The molecule has 0 aliphatic heterocycles. The molecule has 0 saturated carbocycles. The molecular weight excluding hydrogens is 293 g/mol. The van der Waals surface area contributed by atoms with Gasteiger partial charge in [-0.15, -0.1) is 0 Å². The number of nitrogens with zero attached hydrogens (tertiary/aromatic N) is 3. The molecule has 0 bridgehead atoms. The molecule has 20 heavy (non-hydrogen) atoms. The van der Waals surface area contributed by atoms with Gasteiger partial charge in [-0.2, -0.15) is 0 Å². The summed E-state index contributed by atoms with van der Waals surface area (Å²) in [4.78, 5) is 8.55. The highest BCUT2D eigenvalue weighted by Crippen LogP contribution is 2.29. The molecule has 0 amide bonds. The molecule has 0 N–H and O–H groups in total. The SMILES string of the molecule is Cc1cc(-c2ccc(Cl)c(Cl)c2)cc(-n2ccnc2)n1. The van der Waals surface area contributed by atoms with Gasteiger partial charge in [0.2, 0.25) is 0 Å². The number of aryl methyl sites for hydroxylation is 1. The minimum atomic E-state index is 0.544. The van der Waals surface area contributed by atoms with Crippen molar-refractivity contribution in [3.8, 4) is 16.9 Å². The van der Waals surface area contributed by atoms with E-state index in [-0.39, 0.29) is 0 Å². The van der Waals surface area contributed by atoms with Gasteiger partial charge in [0, 0.05) is 18.1 Å². The minimum Gasteiger partial charge on any atom is -0.291 e. The zero-order valence-electron chi connectivity index (χ0n) is 10.7. The van der Waals surface area contributed by atoms with Crippen molar-refractivity contribution in [1.29, 1.82) is 0 Å². The fourth-order valence-corrected chi connectivity index (χ4v) is 2.32. The van der Waals surface area contributed by atoms with Crippen LogP contribution in [0.1, 0.15) is 5.69 Å². The molecule has 100 valence electrons. The van der Waals surface area contributed by atoms with Crippen molar-refractivity contribution in [2.24, 2.45) is 0 Å². The van der Waals surface area contributed by atoms with Crippen molar-refractivity contribution in [2.75, 3.05) is 0 Å². The molecule has 0 atom stereocenters. The van der Waals surface area contributed by atoms with Crippen LogP contribution < -0.4 is 0 Å². The summed E-state index contributed by atoms with van der Waals surface area (Å²) in [6, 6.07) is 9.61. The van der Waals surface area contributed by atoms with Gasteiger partial charge in [0.1, 0.15) is 12.1 Å². The van der Waals surface area contributed by atoms with Crippen molar-refractivity contribution in [3.05, 3.63) is 64.8 Å². The third kappa shape index (κ3) is 2.55. The predicted molar refractivity (Wildman–Crippen MR) is 81.6 cm³/mol. The molecule has 5 heteroatoms. The first kappa shape index (κ1) is 13.2. The van der Waals surface area contributed by atoms with E-state index in [1.54, 1.807) is 18.6 Å². The van der Waals surface area contributed by atoms with Crippen molar-refractivity contribution < 1.29 is 0 Å². The van der Waals surface area contributed by atoms with Gasteiger partial charge in [-0.25, -0.2) is 9.97 Å². The quantitative estimate of drug-likeness (QED) is 0.695. The van der Waals surface area contributed by atoms with Crippen LogP contribution >= 0.6 is 23.2 Å². The van der Waals surface area contributed by atoms with E-state index in [0.29, 0.717) is 10.0 Å². The van der Waals surface area contributed by atoms with Gasteiger partial charge in [-0.05, 0) is 42.3 Å². The molecular formula is C15H11Cl2N3. The van der Waals surface area contributed by atoms with Gasteiger partial charge < -0.3 is 0 Å². The monoisotopic (exact) mass is 303 g/mol. The lowest BCUT2D eigenvalue weighted by molar-refractivity contribution is 0.976. The number of hydrogen-bond donors (Lipinski definition) is 0. The summed E-state index contributed by atoms with van der Waals surface area (Å²) in [5.41, 5.74) is 2.98. The molecule has 2 heterocycles. The van der Waals surface area contributed by atoms with Crippen LogP contribution in [0.3, 0.4) is 0 Å². The number of pyridine rings is 1. The van der Waals surface area contributed by atoms with Crippen molar-refractivity contribution in [3.63, 3.8) is 0 Å². The zero-order valence-corrected chi connectivity index (χ0v) is 12.2. The molecule has 0 aliphatic rings. The highest BCUT2D eigenvalue weighted by Gasteiger charge is 2.06. The first-order valence-corrected chi connectivity index (χ1v) is 6.81. The maximum Gasteiger partial charge on any atom is 0.138 e. The van der Waals surface area contributed by atoms with Crippen molar-refractivity contribution >= 4 is 23.2 Å². The van der Waals surface area contributed by atoms with Gasteiger partial charge in [0.05, 0.1) is 10.0 Å². The standard InChI is InChI=1S/C15H11Cl2N3/c1-10-6-12(11-2-3-13(16)14(17)7-11)8-15(19-10)20-5-4-18-9-20/h2-9H,1H3. The van der Waals surface area contributed by atoms with Crippen LogP contribution in [0.25, 0.3) is 16.9 Å². The Balaban J connectivity index is 2.12. The Kier molecular flexibility index (Phi) is 3.47. The van der Waals surface area contributed by atoms with Crippen LogP contribution in [0.15, 0.2) is 49.1 Å². The lowest BCUT2D eigenvalue weighted by Crippen LogP contribution is -1.97. The van der Waals surface area contributed by atoms with Crippen LogP contribution in [-0.4, -0.2) is 14.5 Å². The van der Waals surface area contributed by atoms with Gasteiger partial charge >= 0.3 is 0 Å². The van der Waals surface area contributed by atoms with Crippen LogP contribution in [0.2, 0.25) is 10.0 Å². The third-order valence-corrected chi connectivity index (χ3v) is 3.70. The van der Waals surface area contributed by atoms with E-state index in [2.05, 4.69) is 9.97 Å². The Morgan fingerprint density at radius 2 is 1.85 bits per heavy atom.